The molecule has 3 aliphatic heterocycles. The van der Waals surface area contributed by atoms with Gasteiger partial charge in [0.15, 0.2) is 0 Å². The summed E-state index contributed by atoms with van der Waals surface area (Å²) in [6.07, 6.45) is 2.34. The summed E-state index contributed by atoms with van der Waals surface area (Å²) in [6, 6.07) is 9.79. The summed E-state index contributed by atoms with van der Waals surface area (Å²) in [5.74, 6) is 0.544. The smallest absolute Gasteiger partial charge is 0.295 e. The molecule has 1 aromatic heterocycles. The summed E-state index contributed by atoms with van der Waals surface area (Å²) in [4.78, 5) is 14.7. The number of para-hydroxylation sites is 1. The molecule has 1 aromatic carbocycles. The molecule has 2 aromatic rings. The van der Waals surface area contributed by atoms with Gasteiger partial charge in [0.25, 0.3) is 5.56 Å². The number of aromatic nitrogens is 2. The molecule has 3 aliphatic rings. The van der Waals surface area contributed by atoms with Gasteiger partial charge in [-0.25, -0.2) is 4.68 Å². The molecule has 1 N–H and O–H groups in total. The van der Waals surface area contributed by atoms with Gasteiger partial charge in [-0.1, -0.05) is 18.2 Å². The summed E-state index contributed by atoms with van der Waals surface area (Å²) < 4.78 is 1.68. The Labute approximate surface area is 105 Å². The van der Waals surface area contributed by atoms with Gasteiger partial charge in [0.1, 0.15) is 5.69 Å². The zero-order valence-corrected chi connectivity index (χ0v) is 10.1. The minimum absolute atomic E-state index is 0.0978. The molecular weight excluding hydrogens is 226 g/mol. The highest BCUT2D eigenvalue weighted by Crippen LogP contribution is 2.39. The van der Waals surface area contributed by atoms with Gasteiger partial charge in [-0.15, -0.1) is 0 Å². The van der Waals surface area contributed by atoms with Gasteiger partial charge in [-0.05, 0) is 25.0 Å². The Morgan fingerprint density at radius 3 is 2.50 bits per heavy atom. The maximum atomic E-state index is 12.5. The van der Waals surface area contributed by atoms with E-state index in [9.17, 15) is 4.79 Å². The standard InChI is InChI=1S/C14H15N3O/c18-14-13-12(10-6-8-16(13)9-7-10)15-17(14)11-4-2-1-3-5-11/h1-5,10,15H,6-9H2. The molecule has 0 saturated carbocycles. The fourth-order valence-corrected chi connectivity index (χ4v) is 3.19. The van der Waals surface area contributed by atoms with Crippen LogP contribution in [0.4, 0.5) is 5.69 Å². The average Bonchev–Trinajstić information content (AvgIpc) is 2.81. The van der Waals surface area contributed by atoms with Crippen molar-refractivity contribution in [2.45, 2.75) is 18.8 Å². The number of aromatic amines is 1. The van der Waals surface area contributed by atoms with Gasteiger partial charge < -0.3 is 4.90 Å². The maximum Gasteiger partial charge on any atom is 0.295 e. The molecule has 92 valence electrons. The molecule has 1 saturated heterocycles. The van der Waals surface area contributed by atoms with E-state index in [2.05, 4.69) is 10.00 Å². The van der Waals surface area contributed by atoms with Gasteiger partial charge in [0, 0.05) is 19.0 Å². The number of hydrogen-bond acceptors (Lipinski definition) is 2. The topological polar surface area (TPSA) is 41.0 Å². The number of anilines is 1. The number of nitrogens with one attached hydrogen (secondary N) is 1. The zero-order chi connectivity index (χ0) is 12.1. The summed E-state index contributed by atoms with van der Waals surface area (Å²) >= 11 is 0. The minimum atomic E-state index is 0.0978. The number of nitrogens with zero attached hydrogens (tertiary/aromatic N) is 2. The van der Waals surface area contributed by atoms with Gasteiger partial charge in [0.05, 0.1) is 11.4 Å². The Hall–Kier alpha value is -1.97. The first-order valence-electron chi connectivity index (χ1n) is 6.50. The predicted octanol–water partition coefficient (Wildman–Crippen LogP) is 1.86. The summed E-state index contributed by atoms with van der Waals surface area (Å²) in [6.45, 7) is 2.05. The number of benzene rings is 1. The Morgan fingerprint density at radius 2 is 1.83 bits per heavy atom. The molecule has 1 fully saturated rings. The van der Waals surface area contributed by atoms with Crippen LogP contribution in [0.3, 0.4) is 0 Å². The van der Waals surface area contributed by atoms with Crippen LogP contribution in [0, 0.1) is 0 Å². The molecule has 0 unspecified atom stereocenters. The highest BCUT2D eigenvalue weighted by atomic mass is 16.1. The van der Waals surface area contributed by atoms with Crippen molar-refractivity contribution in [3.63, 3.8) is 0 Å². The van der Waals surface area contributed by atoms with Crippen LogP contribution < -0.4 is 10.5 Å². The van der Waals surface area contributed by atoms with Crippen molar-refractivity contribution in [3.05, 3.63) is 46.4 Å². The van der Waals surface area contributed by atoms with E-state index in [1.54, 1.807) is 4.68 Å². The monoisotopic (exact) mass is 241 g/mol. The number of rotatable bonds is 1. The van der Waals surface area contributed by atoms with Gasteiger partial charge in [0.2, 0.25) is 0 Å². The van der Waals surface area contributed by atoms with Crippen LogP contribution >= 0.6 is 0 Å². The molecule has 4 heteroatoms. The number of H-pyrrole nitrogens is 1. The first-order valence-corrected chi connectivity index (χ1v) is 6.50. The first kappa shape index (κ1) is 10.00. The van der Waals surface area contributed by atoms with Crippen LogP contribution in [-0.4, -0.2) is 22.9 Å². The molecule has 4 heterocycles. The molecule has 0 aliphatic carbocycles. The van der Waals surface area contributed by atoms with Crippen molar-refractivity contribution in [3.8, 4) is 5.69 Å². The van der Waals surface area contributed by atoms with Crippen molar-refractivity contribution < 1.29 is 0 Å². The number of piperidine rings is 1. The molecule has 4 nitrogen and oxygen atoms in total. The molecule has 2 bridgehead atoms. The maximum absolute atomic E-state index is 12.5. The minimum Gasteiger partial charge on any atom is -0.365 e. The highest BCUT2D eigenvalue weighted by molar-refractivity contribution is 5.56. The second-order valence-electron chi connectivity index (χ2n) is 5.11. The predicted molar refractivity (Wildman–Crippen MR) is 70.6 cm³/mol. The Morgan fingerprint density at radius 1 is 1.11 bits per heavy atom. The van der Waals surface area contributed by atoms with Crippen LogP contribution in [0.15, 0.2) is 35.1 Å². The summed E-state index contributed by atoms with van der Waals surface area (Å²) in [7, 11) is 0. The Bertz CT molecular complexity index is 633. The highest BCUT2D eigenvalue weighted by Gasteiger charge is 2.35. The van der Waals surface area contributed by atoms with E-state index in [1.807, 2.05) is 30.3 Å². The molecule has 0 spiro atoms. The lowest BCUT2D eigenvalue weighted by Crippen LogP contribution is -2.40. The van der Waals surface area contributed by atoms with E-state index in [-0.39, 0.29) is 5.56 Å². The fraction of sp³-hybridized carbons (Fsp3) is 0.357. The van der Waals surface area contributed by atoms with Crippen molar-refractivity contribution in [2.24, 2.45) is 0 Å². The number of fused-ring (bicyclic) bond motifs is 2. The van der Waals surface area contributed by atoms with E-state index in [0.717, 1.165) is 30.2 Å². The van der Waals surface area contributed by atoms with E-state index in [1.165, 1.54) is 12.8 Å². The van der Waals surface area contributed by atoms with E-state index in [4.69, 9.17) is 0 Å². The lowest BCUT2D eigenvalue weighted by molar-refractivity contribution is 0.465. The van der Waals surface area contributed by atoms with Crippen LogP contribution in [0.1, 0.15) is 24.5 Å². The van der Waals surface area contributed by atoms with E-state index < -0.39 is 0 Å². The summed E-state index contributed by atoms with van der Waals surface area (Å²) in [5.41, 5.74) is 3.06. The molecular formula is C14H15N3O. The molecule has 0 amide bonds. The third kappa shape index (κ3) is 1.23. The summed E-state index contributed by atoms with van der Waals surface area (Å²) in [5, 5.41) is 3.31. The lowest BCUT2D eigenvalue weighted by Gasteiger charge is -2.38. The second-order valence-corrected chi connectivity index (χ2v) is 5.11. The van der Waals surface area contributed by atoms with Crippen LogP contribution in [0.2, 0.25) is 0 Å². The second kappa shape index (κ2) is 3.51. The third-order valence-corrected chi connectivity index (χ3v) is 4.13. The van der Waals surface area contributed by atoms with Crippen LogP contribution in [0.5, 0.6) is 0 Å². The largest absolute Gasteiger partial charge is 0.365 e. The molecule has 5 rings (SSSR count). The third-order valence-electron chi connectivity index (χ3n) is 4.13. The Kier molecular flexibility index (Phi) is 1.95. The zero-order valence-electron chi connectivity index (χ0n) is 10.1. The Balaban J connectivity index is 1.94. The van der Waals surface area contributed by atoms with Crippen LogP contribution in [-0.2, 0) is 0 Å². The number of hydrogen-bond donors (Lipinski definition) is 1. The van der Waals surface area contributed by atoms with Crippen molar-refractivity contribution in [1.82, 2.24) is 9.78 Å². The quantitative estimate of drug-likeness (QED) is 0.828. The van der Waals surface area contributed by atoms with Crippen molar-refractivity contribution >= 4 is 5.69 Å². The lowest BCUT2D eigenvalue weighted by atomic mass is 9.88. The normalized spacial score (nSPS) is 18.1. The van der Waals surface area contributed by atoms with E-state index >= 15 is 0 Å². The molecule has 0 atom stereocenters. The molecule has 18 heavy (non-hydrogen) atoms. The first-order chi connectivity index (χ1) is 8.84. The fourth-order valence-electron chi connectivity index (χ4n) is 3.19. The van der Waals surface area contributed by atoms with Gasteiger partial charge in [-0.3, -0.25) is 9.89 Å². The van der Waals surface area contributed by atoms with Crippen molar-refractivity contribution in [2.75, 3.05) is 18.0 Å². The van der Waals surface area contributed by atoms with Crippen molar-refractivity contribution in [1.29, 1.82) is 0 Å². The van der Waals surface area contributed by atoms with E-state index in [0.29, 0.717) is 5.92 Å². The van der Waals surface area contributed by atoms with Gasteiger partial charge >= 0.3 is 0 Å². The average molecular weight is 241 g/mol. The molecule has 0 radical (unpaired) electrons. The van der Waals surface area contributed by atoms with Gasteiger partial charge in [-0.2, -0.15) is 0 Å². The SMILES string of the molecule is O=c1c2c([nH]n1-c1ccccc1)C1CCN2CC1. The van der Waals surface area contributed by atoms with Crippen LogP contribution in [0.25, 0.3) is 5.69 Å².